The first kappa shape index (κ1) is 18.2. The SMILES string of the molecule is CCNC(=O)CNC(=O)CCc1c(C)nc2nc(SC)nn2c1C. The van der Waals surface area contributed by atoms with Gasteiger partial charge in [-0.2, -0.15) is 4.98 Å². The number of fused-ring (bicyclic) bond motifs is 1. The molecule has 0 saturated heterocycles. The highest BCUT2D eigenvalue weighted by atomic mass is 32.2. The van der Waals surface area contributed by atoms with Gasteiger partial charge in [0.2, 0.25) is 17.0 Å². The fourth-order valence-corrected chi connectivity index (χ4v) is 2.74. The van der Waals surface area contributed by atoms with Crippen molar-refractivity contribution in [1.29, 1.82) is 0 Å². The van der Waals surface area contributed by atoms with E-state index in [1.165, 1.54) is 11.8 Å². The Morgan fingerprint density at radius 3 is 2.58 bits per heavy atom. The summed E-state index contributed by atoms with van der Waals surface area (Å²) in [7, 11) is 0. The third-order valence-corrected chi connectivity index (χ3v) is 4.17. The second-order valence-corrected chi connectivity index (χ2v) is 6.08. The Bertz CT molecular complexity index is 758. The lowest BCUT2D eigenvalue weighted by molar-refractivity contribution is -0.126. The molecule has 0 aliphatic carbocycles. The maximum Gasteiger partial charge on any atom is 0.253 e. The zero-order valence-corrected chi connectivity index (χ0v) is 15.2. The second kappa shape index (κ2) is 8.09. The zero-order chi connectivity index (χ0) is 17.7. The summed E-state index contributed by atoms with van der Waals surface area (Å²) >= 11 is 1.46. The van der Waals surface area contributed by atoms with Crippen molar-refractivity contribution in [3.8, 4) is 0 Å². The lowest BCUT2D eigenvalue weighted by atomic mass is 10.1. The first-order valence-corrected chi connectivity index (χ1v) is 8.99. The largest absolute Gasteiger partial charge is 0.355 e. The van der Waals surface area contributed by atoms with Gasteiger partial charge in [-0.3, -0.25) is 9.59 Å². The number of hydrogen-bond donors (Lipinski definition) is 2. The standard InChI is InChI=1S/C15H22N6O2S/c1-5-16-13(23)8-17-12(22)7-6-11-9(2)18-14-19-15(24-4)20-21(14)10(11)3/h5-8H2,1-4H3,(H,16,23)(H,17,22). The smallest absolute Gasteiger partial charge is 0.253 e. The number of thioether (sulfide) groups is 1. The molecule has 8 nitrogen and oxygen atoms in total. The fraction of sp³-hybridized carbons (Fsp3) is 0.533. The second-order valence-electron chi connectivity index (χ2n) is 5.30. The maximum atomic E-state index is 11.9. The third kappa shape index (κ3) is 4.22. The Morgan fingerprint density at radius 1 is 1.17 bits per heavy atom. The van der Waals surface area contributed by atoms with Crippen molar-refractivity contribution in [2.75, 3.05) is 19.3 Å². The van der Waals surface area contributed by atoms with E-state index in [0.29, 0.717) is 30.3 Å². The summed E-state index contributed by atoms with van der Waals surface area (Å²) in [4.78, 5) is 32.1. The molecule has 0 aliphatic heterocycles. The molecule has 0 aliphatic rings. The zero-order valence-electron chi connectivity index (χ0n) is 14.3. The predicted molar refractivity (Wildman–Crippen MR) is 92.1 cm³/mol. The van der Waals surface area contributed by atoms with Gasteiger partial charge in [-0.15, -0.1) is 5.10 Å². The van der Waals surface area contributed by atoms with Gasteiger partial charge in [-0.25, -0.2) is 9.50 Å². The molecule has 0 atom stereocenters. The van der Waals surface area contributed by atoms with Crippen molar-refractivity contribution in [2.45, 2.75) is 38.8 Å². The van der Waals surface area contributed by atoms with Crippen molar-refractivity contribution in [1.82, 2.24) is 30.2 Å². The van der Waals surface area contributed by atoms with E-state index in [-0.39, 0.29) is 18.4 Å². The van der Waals surface area contributed by atoms with E-state index in [1.807, 2.05) is 27.0 Å². The number of nitrogens with zero attached hydrogens (tertiary/aromatic N) is 4. The quantitative estimate of drug-likeness (QED) is 0.711. The van der Waals surface area contributed by atoms with Crippen LogP contribution in [0.5, 0.6) is 0 Å². The molecule has 0 saturated carbocycles. The normalized spacial score (nSPS) is 10.8. The van der Waals surface area contributed by atoms with Crippen LogP contribution >= 0.6 is 11.8 Å². The molecular formula is C15H22N6O2S. The van der Waals surface area contributed by atoms with Crippen molar-refractivity contribution in [2.24, 2.45) is 0 Å². The molecule has 2 rings (SSSR count). The first-order valence-electron chi connectivity index (χ1n) is 7.76. The molecular weight excluding hydrogens is 328 g/mol. The van der Waals surface area contributed by atoms with E-state index in [4.69, 9.17) is 0 Å². The Hall–Kier alpha value is -2.16. The Labute approximate surface area is 144 Å². The Kier molecular flexibility index (Phi) is 6.13. The van der Waals surface area contributed by atoms with Crippen LogP contribution in [0.3, 0.4) is 0 Å². The van der Waals surface area contributed by atoms with Crippen molar-refractivity contribution in [3.63, 3.8) is 0 Å². The highest BCUT2D eigenvalue weighted by molar-refractivity contribution is 7.98. The molecule has 2 aromatic rings. The molecule has 130 valence electrons. The molecule has 0 aromatic carbocycles. The molecule has 0 bridgehead atoms. The number of likely N-dealkylation sites (N-methyl/N-ethyl adjacent to an activating group) is 1. The molecule has 2 amide bonds. The lowest BCUT2D eigenvalue weighted by Gasteiger charge is -2.10. The molecule has 0 unspecified atom stereocenters. The van der Waals surface area contributed by atoms with E-state index < -0.39 is 0 Å². The molecule has 2 N–H and O–H groups in total. The summed E-state index contributed by atoms with van der Waals surface area (Å²) < 4.78 is 1.71. The average molecular weight is 350 g/mol. The summed E-state index contributed by atoms with van der Waals surface area (Å²) in [5, 5.41) is 10.3. The van der Waals surface area contributed by atoms with Crippen LogP contribution in [-0.4, -0.2) is 50.7 Å². The number of nitrogens with one attached hydrogen (secondary N) is 2. The summed E-state index contributed by atoms with van der Waals surface area (Å²) in [6, 6.07) is 0. The summed E-state index contributed by atoms with van der Waals surface area (Å²) in [5.74, 6) is 0.218. The molecule has 2 aromatic heterocycles. The number of aryl methyl sites for hydroxylation is 2. The highest BCUT2D eigenvalue weighted by Crippen LogP contribution is 2.17. The van der Waals surface area contributed by atoms with E-state index in [0.717, 1.165) is 17.0 Å². The minimum atomic E-state index is -0.187. The van der Waals surface area contributed by atoms with Gasteiger partial charge in [0.1, 0.15) is 0 Å². The average Bonchev–Trinajstić information content (AvgIpc) is 2.96. The maximum absolute atomic E-state index is 11.9. The van der Waals surface area contributed by atoms with Gasteiger partial charge in [0.05, 0.1) is 6.54 Å². The van der Waals surface area contributed by atoms with Crippen LogP contribution in [0.25, 0.3) is 5.78 Å². The molecule has 9 heteroatoms. The number of aromatic nitrogens is 4. The van der Waals surface area contributed by atoms with Gasteiger partial charge < -0.3 is 10.6 Å². The van der Waals surface area contributed by atoms with Crippen LogP contribution in [-0.2, 0) is 16.0 Å². The highest BCUT2D eigenvalue weighted by Gasteiger charge is 2.14. The molecule has 0 radical (unpaired) electrons. The number of amides is 2. The van der Waals surface area contributed by atoms with Crippen molar-refractivity contribution < 1.29 is 9.59 Å². The Morgan fingerprint density at radius 2 is 1.92 bits per heavy atom. The van der Waals surface area contributed by atoms with E-state index in [2.05, 4.69) is 25.7 Å². The van der Waals surface area contributed by atoms with E-state index in [1.54, 1.807) is 4.52 Å². The van der Waals surface area contributed by atoms with Crippen molar-refractivity contribution in [3.05, 3.63) is 17.0 Å². The van der Waals surface area contributed by atoms with Gasteiger partial charge in [0, 0.05) is 24.4 Å². The summed E-state index contributed by atoms with van der Waals surface area (Å²) in [6.07, 6.45) is 2.74. The molecule has 0 spiro atoms. The van der Waals surface area contributed by atoms with Crippen LogP contribution in [0.2, 0.25) is 0 Å². The van der Waals surface area contributed by atoms with Gasteiger partial charge in [-0.05, 0) is 39.0 Å². The molecule has 0 fully saturated rings. The fourth-order valence-electron chi connectivity index (χ4n) is 2.40. The van der Waals surface area contributed by atoms with Crippen molar-refractivity contribution >= 4 is 29.4 Å². The molecule has 24 heavy (non-hydrogen) atoms. The van der Waals surface area contributed by atoms with Crippen LogP contribution in [0.15, 0.2) is 5.16 Å². The van der Waals surface area contributed by atoms with Crippen LogP contribution < -0.4 is 10.6 Å². The lowest BCUT2D eigenvalue weighted by Crippen LogP contribution is -2.36. The number of carbonyl (C=O) groups is 2. The predicted octanol–water partition coefficient (Wildman–Crippen LogP) is 0.648. The Balaban J connectivity index is 2.04. The minimum absolute atomic E-state index is 0.00207. The molecule has 2 heterocycles. The van der Waals surface area contributed by atoms with Crippen LogP contribution in [0.4, 0.5) is 0 Å². The van der Waals surface area contributed by atoms with Crippen LogP contribution in [0.1, 0.15) is 30.3 Å². The summed E-state index contributed by atoms with van der Waals surface area (Å²) in [6.45, 7) is 6.24. The van der Waals surface area contributed by atoms with Gasteiger partial charge >= 0.3 is 0 Å². The minimum Gasteiger partial charge on any atom is -0.355 e. The van der Waals surface area contributed by atoms with E-state index in [9.17, 15) is 9.59 Å². The number of rotatable bonds is 7. The monoisotopic (exact) mass is 350 g/mol. The first-order chi connectivity index (χ1) is 11.5. The van der Waals surface area contributed by atoms with Crippen LogP contribution in [0, 0.1) is 13.8 Å². The van der Waals surface area contributed by atoms with Gasteiger partial charge in [0.15, 0.2) is 0 Å². The summed E-state index contributed by atoms with van der Waals surface area (Å²) in [5.41, 5.74) is 2.76. The topological polar surface area (TPSA) is 101 Å². The number of hydrogen-bond acceptors (Lipinski definition) is 6. The van der Waals surface area contributed by atoms with Gasteiger partial charge in [0.25, 0.3) is 5.78 Å². The number of carbonyl (C=O) groups excluding carboxylic acids is 2. The van der Waals surface area contributed by atoms with Gasteiger partial charge in [-0.1, -0.05) is 11.8 Å². The third-order valence-electron chi connectivity index (χ3n) is 3.63. The van der Waals surface area contributed by atoms with E-state index >= 15 is 0 Å².